The minimum Gasteiger partial charge on any atom is -0.497 e. The molecule has 0 heterocycles. The van der Waals surface area contributed by atoms with Crippen molar-refractivity contribution in [3.63, 3.8) is 0 Å². The number of benzene rings is 3. The number of likely N-dealkylation sites (N-methyl/N-ethyl adjacent to an activating group) is 1. The second kappa shape index (κ2) is 16.1. The van der Waals surface area contributed by atoms with Crippen molar-refractivity contribution < 1.29 is 23.4 Å². The van der Waals surface area contributed by atoms with Crippen LogP contribution >= 0.6 is 7.37 Å². The van der Waals surface area contributed by atoms with Crippen molar-refractivity contribution in [1.29, 1.82) is 0 Å². The van der Waals surface area contributed by atoms with E-state index >= 15 is 0 Å². The number of hydrogen-bond acceptors (Lipinski definition) is 6. The zero-order valence-electron chi connectivity index (χ0n) is 25.3. The molecule has 3 unspecified atom stereocenters. The van der Waals surface area contributed by atoms with Gasteiger partial charge in [0.05, 0.1) is 7.11 Å². The van der Waals surface area contributed by atoms with Crippen molar-refractivity contribution in [2.75, 3.05) is 32.7 Å². The molecule has 0 aliphatic rings. The van der Waals surface area contributed by atoms with Gasteiger partial charge in [-0.1, -0.05) is 68.4 Å². The minimum atomic E-state index is -3.24. The first-order valence-electron chi connectivity index (χ1n) is 14.3. The van der Waals surface area contributed by atoms with Crippen LogP contribution in [0.15, 0.2) is 78.9 Å². The summed E-state index contributed by atoms with van der Waals surface area (Å²) in [6.07, 6.45) is 1.12. The van der Waals surface area contributed by atoms with Gasteiger partial charge in [0.25, 0.3) is 0 Å². The fourth-order valence-electron chi connectivity index (χ4n) is 4.90. The molecule has 0 spiro atoms. The molecular formula is C33H44N3O5P. The molecule has 0 fully saturated rings. The summed E-state index contributed by atoms with van der Waals surface area (Å²) in [7, 11) is 1.34. The van der Waals surface area contributed by atoms with Gasteiger partial charge >= 0.3 is 0 Å². The van der Waals surface area contributed by atoms with Crippen LogP contribution in [-0.2, 0) is 37.8 Å². The average Bonchev–Trinajstić information content (AvgIpc) is 2.99. The Morgan fingerprint density at radius 3 is 2.17 bits per heavy atom. The summed E-state index contributed by atoms with van der Waals surface area (Å²) >= 11 is 0. The molecule has 3 atom stereocenters. The van der Waals surface area contributed by atoms with E-state index < -0.39 is 19.3 Å². The second-order valence-corrected chi connectivity index (χ2v) is 13.6. The number of rotatable bonds is 16. The Hall–Kier alpha value is -3.61. The number of anilines is 1. The van der Waals surface area contributed by atoms with Crippen LogP contribution in [0.5, 0.6) is 5.75 Å². The van der Waals surface area contributed by atoms with Crippen molar-refractivity contribution in [3.8, 4) is 5.75 Å². The maximum atomic E-state index is 14.1. The predicted octanol–water partition coefficient (Wildman–Crippen LogP) is 5.87. The number of nitrogens with one attached hydrogen (secondary N) is 3. The van der Waals surface area contributed by atoms with Crippen molar-refractivity contribution in [3.05, 3.63) is 95.6 Å². The molecule has 0 bridgehead atoms. The average molecular weight is 594 g/mol. The summed E-state index contributed by atoms with van der Waals surface area (Å²) < 4.78 is 24.9. The van der Waals surface area contributed by atoms with E-state index in [4.69, 9.17) is 9.26 Å². The molecule has 8 nitrogen and oxygen atoms in total. The van der Waals surface area contributed by atoms with E-state index in [1.807, 2.05) is 80.6 Å². The SMILES string of the molecule is CNC(=O)C(Cc1ccc(OC)cc1)NC(=O)C(CC(C)C)CP(=O)(Cc1cccc(NCc2ccccc2)c1)OC. The van der Waals surface area contributed by atoms with Gasteiger partial charge in [-0.2, -0.15) is 0 Å². The van der Waals surface area contributed by atoms with E-state index in [0.717, 1.165) is 22.4 Å². The van der Waals surface area contributed by atoms with Crippen LogP contribution in [0.2, 0.25) is 0 Å². The Labute approximate surface area is 250 Å². The quantitative estimate of drug-likeness (QED) is 0.180. The first kappa shape index (κ1) is 32.9. The van der Waals surface area contributed by atoms with Gasteiger partial charge in [-0.3, -0.25) is 14.2 Å². The van der Waals surface area contributed by atoms with E-state index in [1.54, 1.807) is 14.2 Å². The highest BCUT2D eigenvalue weighted by Gasteiger charge is 2.33. The third-order valence-corrected chi connectivity index (χ3v) is 9.64. The lowest BCUT2D eigenvalue weighted by molar-refractivity contribution is -0.130. The van der Waals surface area contributed by atoms with Gasteiger partial charge in [0, 0.05) is 51.1 Å². The summed E-state index contributed by atoms with van der Waals surface area (Å²) in [6.45, 7) is 4.72. The molecule has 0 radical (unpaired) electrons. The zero-order valence-corrected chi connectivity index (χ0v) is 26.2. The fraction of sp³-hybridized carbons (Fsp3) is 0.394. The third kappa shape index (κ3) is 10.3. The molecular weight excluding hydrogens is 549 g/mol. The number of methoxy groups -OCH3 is 1. The number of ether oxygens (including phenoxy) is 1. The minimum absolute atomic E-state index is 0.0815. The van der Waals surface area contributed by atoms with Gasteiger partial charge in [-0.05, 0) is 53.3 Å². The van der Waals surface area contributed by atoms with Gasteiger partial charge in [0.2, 0.25) is 19.2 Å². The highest BCUT2D eigenvalue weighted by molar-refractivity contribution is 7.58. The molecule has 226 valence electrons. The van der Waals surface area contributed by atoms with E-state index in [-0.39, 0.29) is 30.1 Å². The molecule has 9 heteroatoms. The second-order valence-electron chi connectivity index (χ2n) is 10.9. The van der Waals surface area contributed by atoms with Crippen LogP contribution < -0.4 is 20.7 Å². The van der Waals surface area contributed by atoms with Gasteiger partial charge in [0.1, 0.15) is 11.8 Å². The van der Waals surface area contributed by atoms with Gasteiger partial charge in [0.15, 0.2) is 0 Å². The Balaban J connectivity index is 1.72. The Bertz CT molecular complexity index is 1330. The highest BCUT2D eigenvalue weighted by atomic mass is 31.2. The third-order valence-electron chi connectivity index (χ3n) is 7.13. The Morgan fingerprint density at radius 1 is 0.857 bits per heavy atom. The molecule has 0 aromatic heterocycles. The molecule has 3 N–H and O–H groups in total. The molecule has 2 amide bonds. The van der Waals surface area contributed by atoms with Crippen LogP contribution in [0.25, 0.3) is 0 Å². The number of carbonyl (C=O) groups is 2. The van der Waals surface area contributed by atoms with Crippen molar-refractivity contribution in [1.82, 2.24) is 10.6 Å². The molecule has 0 saturated heterocycles. The van der Waals surface area contributed by atoms with Crippen molar-refractivity contribution in [2.45, 2.75) is 45.4 Å². The largest absolute Gasteiger partial charge is 0.497 e. The summed E-state index contributed by atoms with van der Waals surface area (Å²) in [6, 6.07) is 24.5. The lowest BCUT2D eigenvalue weighted by Crippen LogP contribution is -2.49. The zero-order chi connectivity index (χ0) is 30.5. The topological polar surface area (TPSA) is 106 Å². The van der Waals surface area contributed by atoms with Crippen LogP contribution in [0.4, 0.5) is 5.69 Å². The predicted molar refractivity (Wildman–Crippen MR) is 169 cm³/mol. The van der Waals surface area contributed by atoms with Crippen molar-refractivity contribution >= 4 is 24.9 Å². The lowest BCUT2D eigenvalue weighted by atomic mass is 9.97. The highest BCUT2D eigenvalue weighted by Crippen LogP contribution is 2.52. The number of amides is 2. The summed E-state index contributed by atoms with van der Waals surface area (Å²) in [5, 5.41) is 9.00. The van der Waals surface area contributed by atoms with Gasteiger partial charge < -0.3 is 25.2 Å². The summed E-state index contributed by atoms with van der Waals surface area (Å²) in [4.78, 5) is 26.4. The van der Waals surface area contributed by atoms with Crippen LogP contribution in [0, 0.1) is 11.8 Å². The number of hydrogen-bond donors (Lipinski definition) is 3. The van der Waals surface area contributed by atoms with E-state index in [0.29, 0.717) is 25.1 Å². The molecule has 3 aromatic carbocycles. The Morgan fingerprint density at radius 2 is 1.55 bits per heavy atom. The standard InChI is InChI=1S/C33H44N3O5P/c1-24(2)18-28(32(37)36-31(33(38)34-3)20-25-14-16-30(40-4)17-15-25)23-42(39,41-5)22-27-12-9-13-29(19-27)35-21-26-10-7-6-8-11-26/h6-17,19,24,28,31,35H,18,20-23H2,1-5H3,(H,34,38)(H,36,37). The van der Waals surface area contributed by atoms with E-state index in [2.05, 4.69) is 28.1 Å². The molecule has 0 saturated carbocycles. The maximum Gasteiger partial charge on any atom is 0.242 e. The van der Waals surface area contributed by atoms with Gasteiger partial charge in [-0.15, -0.1) is 0 Å². The van der Waals surface area contributed by atoms with Crippen LogP contribution in [0.3, 0.4) is 0 Å². The molecule has 3 rings (SSSR count). The molecule has 0 aliphatic heterocycles. The first-order valence-corrected chi connectivity index (χ1v) is 16.3. The maximum absolute atomic E-state index is 14.1. The molecule has 0 aliphatic carbocycles. The first-order chi connectivity index (χ1) is 20.1. The van der Waals surface area contributed by atoms with E-state index in [9.17, 15) is 14.2 Å². The Kier molecular flexibility index (Phi) is 12.6. The molecule has 3 aromatic rings. The summed E-state index contributed by atoms with van der Waals surface area (Å²) in [5.41, 5.74) is 3.83. The number of carbonyl (C=O) groups excluding carboxylic acids is 2. The van der Waals surface area contributed by atoms with Gasteiger partial charge in [-0.25, -0.2) is 0 Å². The molecule has 42 heavy (non-hydrogen) atoms. The lowest BCUT2D eigenvalue weighted by Gasteiger charge is -2.26. The summed E-state index contributed by atoms with van der Waals surface area (Å²) in [5.74, 6) is -0.294. The van der Waals surface area contributed by atoms with Crippen molar-refractivity contribution in [2.24, 2.45) is 11.8 Å². The monoisotopic (exact) mass is 593 g/mol. The van der Waals surface area contributed by atoms with E-state index in [1.165, 1.54) is 7.11 Å². The normalized spacial score (nSPS) is 14.0. The smallest absolute Gasteiger partial charge is 0.242 e. The fourth-order valence-corrected chi connectivity index (χ4v) is 7.05. The van der Waals surface area contributed by atoms with Crippen LogP contribution in [0.1, 0.15) is 37.0 Å². The van der Waals surface area contributed by atoms with Crippen LogP contribution in [-0.4, -0.2) is 45.3 Å².